The highest BCUT2D eigenvalue weighted by Crippen LogP contribution is 2.34. The molecule has 0 bridgehead atoms. The second-order valence-electron chi connectivity index (χ2n) is 5.67. The molecule has 1 aliphatic heterocycles. The standard InChI is InChI=1S/C13H22N2O6/c1-8(2)9(10(16)21-3)14-5-4-13(11(17)18)6-15(7-13)12(19)20/h8-9,14H,4-7H2,1-3H3,(H,17,18)(H,19,20)/t9-/m0/s1. The summed E-state index contributed by atoms with van der Waals surface area (Å²) in [5, 5.41) is 21.1. The zero-order valence-electron chi connectivity index (χ0n) is 12.5. The van der Waals surface area contributed by atoms with E-state index in [1.165, 1.54) is 7.11 Å². The van der Waals surface area contributed by atoms with Gasteiger partial charge in [0.15, 0.2) is 0 Å². The summed E-state index contributed by atoms with van der Waals surface area (Å²) in [6, 6.07) is -0.503. The molecule has 8 nitrogen and oxygen atoms in total. The molecule has 1 heterocycles. The van der Waals surface area contributed by atoms with Crippen LogP contribution in [0.15, 0.2) is 0 Å². The van der Waals surface area contributed by atoms with E-state index < -0.39 is 29.5 Å². The molecule has 8 heteroatoms. The fourth-order valence-electron chi connectivity index (χ4n) is 2.41. The molecule has 0 aliphatic carbocycles. The maximum atomic E-state index is 11.6. The van der Waals surface area contributed by atoms with Crippen LogP contribution in [-0.4, -0.2) is 65.9 Å². The molecule has 1 rings (SSSR count). The van der Waals surface area contributed by atoms with E-state index in [1.807, 2.05) is 13.8 Å². The van der Waals surface area contributed by atoms with Gasteiger partial charge in [-0.05, 0) is 18.9 Å². The zero-order valence-corrected chi connectivity index (χ0v) is 12.5. The smallest absolute Gasteiger partial charge is 0.407 e. The van der Waals surface area contributed by atoms with Gasteiger partial charge in [0.25, 0.3) is 0 Å². The minimum absolute atomic E-state index is 0.00939. The average Bonchev–Trinajstić information content (AvgIpc) is 2.34. The Labute approximate surface area is 123 Å². The summed E-state index contributed by atoms with van der Waals surface area (Å²) in [4.78, 5) is 34.7. The summed E-state index contributed by atoms with van der Waals surface area (Å²) in [5.41, 5.74) is -1.07. The molecule has 0 saturated carbocycles. The number of ether oxygens (including phenoxy) is 1. The SMILES string of the molecule is COC(=O)[C@@H](NCCC1(C(=O)O)CN(C(=O)O)C1)C(C)C. The van der Waals surface area contributed by atoms with Crippen LogP contribution in [0.1, 0.15) is 20.3 Å². The first-order valence-electron chi connectivity index (χ1n) is 6.76. The van der Waals surface area contributed by atoms with E-state index in [4.69, 9.17) is 5.11 Å². The largest absolute Gasteiger partial charge is 0.481 e. The number of hydrogen-bond donors (Lipinski definition) is 3. The monoisotopic (exact) mass is 302 g/mol. The second-order valence-corrected chi connectivity index (χ2v) is 5.67. The lowest BCUT2D eigenvalue weighted by atomic mass is 9.77. The van der Waals surface area contributed by atoms with Crippen molar-refractivity contribution < 1.29 is 29.3 Å². The van der Waals surface area contributed by atoms with E-state index in [1.54, 1.807) is 0 Å². The van der Waals surface area contributed by atoms with Crippen molar-refractivity contribution in [3.63, 3.8) is 0 Å². The minimum Gasteiger partial charge on any atom is -0.481 e. The number of methoxy groups -OCH3 is 1. The lowest BCUT2D eigenvalue weighted by Crippen LogP contribution is -2.62. The van der Waals surface area contributed by atoms with E-state index in [-0.39, 0.29) is 25.4 Å². The average molecular weight is 302 g/mol. The first kappa shape index (κ1) is 17.2. The van der Waals surface area contributed by atoms with Gasteiger partial charge in [0.1, 0.15) is 11.5 Å². The number of carbonyl (C=O) groups excluding carboxylic acids is 1. The summed E-state index contributed by atoms with van der Waals surface area (Å²) < 4.78 is 4.69. The number of rotatable bonds is 7. The predicted octanol–water partition coefficient (Wildman–Crippen LogP) is 0.228. The Hall–Kier alpha value is -1.83. The lowest BCUT2D eigenvalue weighted by molar-refractivity contribution is -0.159. The molecule has 0 unspecified atom stereocenters. The molecule has 1 saturated heterocycles. The third-order valence-electron chi connectivity index (χ3n) is 3.80. The van der Waals surface area contributed by atoms with E-state index in [0.29, 0.717) is 6.54 Å². The van der Waals surface area contributed by atoms with Crippen LogP contribution in [0.3, 0.4) is 0 Å². The van der Waals surface area contributed by atoms with Crippen molar-refractivity contribution in [3.05, 3.63) is 0 Å². The quantitative estimate of drug-likeness (QED) is 0.576. The van der Waals surface area contributed by atoms with Crippen molar-refractivity contribution in [1.82, 2.24) is 10.2 Å². The van der Waals surface area contributed by atoms with Crippen molar-refractivity contribution in [2.75, 3.05) is 26.7 Å². The Bertz CT molecular complexity index is 417. The highest BCUT2D eigenvalue weighted by atomic mass is 16.5. The van der Waals surface area contributed by atoms with Gasteiger partial charge in [0.05, 0.1) is 7.11 Å². The van der Waals surface area contributed by atoms with Crippen molar-refractivity contribution in [2.24, 2.45) is 11.3 Å². The Kier molecular flexibility index (Phi) is 5.54. The number of nitrogens with zero attached hydrogens (tertiary/aromatic N) is 1. The highest BCUT2D eigenvalue weighted by molar-refractivity contribution is 5.80. The summed E-state index contributed by atoms with van der Waals surface area (Å²) >= 11 is 0. The lowest BCUT2D eigenvalue weighted by Gasteiger charge is -2.45. The molecule has 0 spiro atoms. The molecule has 0 aromatic rings. The van der Waals surface area contributed by atoms with Crippen LogP contribution in [0.5, 0.6) is 0 Å². The third kappa shape index (κ3) is 3.84. The van der Waals surface area contributed by atoms with Crippen LogP contribution in [-0.2, 0) is 14.3 Å². The number of aliphatic carboxylic acids is 1. The molecule has 1 amide bonds. The van der Waals surface area contributed by atoms with Crippen LogP contribution in [0.25, 0.3) is 0 Å². The molecule has 0 aromatic carbocycles. The zero-order chi connectivity index (χ0) is 16.2. The molecule has 1 atom stereocenters. The normalized spacial score (nSPS) is 18.0. The van der Waals surface area contributed by atoms with Gasteiger partial charge in [0.2, 0.25) is 0 Å². The number of amides is 1. The van der Waals surface area contributed by atoms with Crippen molar-refractivity contribution >= 4 is 18.0 Å². The second kappa shape index (κ2) is 6.75. The highest BCUT2D eigenvalue weighted by Gasteiger charge is 2.51. The van der Waals surface area contributed by atoms with Gasteiger partial charge < -0.3 is 25.2 Å². The fourth-order valence-corrected chi connectivity index (χ4v) is 2.41. The fraction of sp³-hybridized carbons (Fsp3) is 0.769. The molecule has 1 fully saturated rings. The Morgan fingerprint density at radius 1 is 1.29 bits per heavy atom. The minimum atomic E-state index is -1.12. The van der Waals surface area contributed by atoms with Gasteiger partial charge in [-0.25, -0.2) is 4.79 Å². The van der Waals surface area contributed by atoms with E-state index in [9.17, 15) is 19.5 Å². The first-order valence-corrected chi connectivity index (χ1v) is 6.76. The van der Waals surface area contributed by atoms with Gasteiger partial charge in [-0.15, -0.1) is 0 Å². The topological polar surface area (TPSA) is 116 Å². The number of carboxylic acid groups (broad SMARTS) is 2. The molecule has 120 valence electrons. The van der Waals surface area contributed by atoms with E-state index in [0.717, 1.165) is 4.90 Å². The summed E-state index contributed by atoms with van der Waals surface area (Å²) in [6.07, 6.45) is -0.860. The molecule has 0 radical (unpaired) electrons. The van der Waals surface area contributed by atoms with Gasteiger partial charge in [0, 0.05) is 13.1 Å². The van der Waals surface area contributed by atoms with Crippen LogP contribution < -0.4 is 5.32 Å². The summed E-state index contributed by atoms with van der Waals surface area (Å²) in [6.45, 7) is 3.97. The van der Waals surface area contributed by atoms with Crippen LogP contribution >= 0.6 is 0 Å². The Balaban J connectivity index is 2.54. The van der Waals surface area contributed by atoms with E-state index >= 15 is 0 Å². The predicted molar refractivity (Wildman–Crippen MR) is 72.9 cm³/mol. The van der Waals surface area contributed by atoms with Crippen LogP contribution in [0.2, 0.25) is 0 Å². The number of hydrogen-bond acceptors (Lipinski definition) is 5. The van der Waals surface area contributed by atoms with Crippen molar-refractivity contribution in [2.45, 2.75) is 26.3 Å². The van der Waals surface area contributed by atoms with Gasteiger partial charge in [-0.2, -0.15) is 0 Å². The number of carbonyl (C=O) groups is 3. The van der Waals surface area contributed by atoms with Crippen molar-refractivity contribution in [3.8, 4) is 0 Å². The maximum Gasteiger partial charge on any atom is 0.407 e. The Morgan fingerprint density at radius 2 is 1.86 bits per heavy atom. The van der Waals surface area contributed by atoms with Crippen molar-refractivity contribution in [1.29, 1.82) is 0 Å². The number of esters is 1. The summed E-state index contributed by atoms with van der Waals surface area (Å²) in [7, 11) is 1.30. The van der Waals surface area contributed by atoms with Crippen LogP contribution in [0, 0.1) is 11.3 Å². The molecule has 21 heavy (non-hydrogen) atoms. The molecule has 0 aromatic heterocycles. The number of likely N-dealkylation sites (tertiary alicyclic amines) is 1. The summed E-state index contributed by atoms with van der Waals surface area (Å²) in [5.74, 6) is -1.40. The maximum absolute atomic E-state index is 11.6. The van der Waals surface area contributed by atoms with Gasteiger partial charge in [-0.3, -0.25) is 9.59 Å². The Morgan fingerprint density at radius 3 is 2.24 bits per heavy atom. The number of nitrogens with one attached hydrogen (secondary N) is 1. The van der Waals surface area contributed by atoms with E-state index in [2.05, 4.69) is 10.1 Å². The van der Waals surface area contributed by atoms with Crippen LogP contribution in [0.4, 0.5) is 4.79 Å². The molecule has 1 aliphatic rings. The molecular weight excluding hydrogens is 280 g/mol. The van der Waals surface area contributed by atoms with Gasteiger partial charge >= 0.3 is 18.0 Å². The number of carboxylic acids is 1. The first-order chi connectivity index (χ1) is 9.73. The molecular formula is C13H22N2O6. The molecule has 3 N–H and O–H groups in total. The third-order valence-corrected chi connectivity index (χ3v) is 3.80. The van der Waals surface area contributed by atoms with Gasteiger partial charge in [-0.1, -0.05) is 13.8 Å².